The standard InChI is InChI=1S/C17H19Cl2N5O3/c1-12-16(19)17(24(26)27)20-23(12)11-15(25)22-8-6-21(7-9-22)10-13-4-2-3-5-14(13)18/h2-5H,6-11H2,1H3. The number of nitrogens with zero attached hydrogens (tertiary/aromatic N) is 5. The maximum Gasteiger partial charge on any atom is 0.408 e. The number of rotatable bonds is 5. The van der Waals surface area contributed by atoms with Gasteiger partial charge in [0.15, 0.2) is 5.02 Å². The van der Waals surface area contributed by atoms with Crippen LogP contribution in [0.2, 0.25) is 10.0 Å². The molecule has 2 aromatic rings. The molecule has 0 unspecified atom stereocenters. The number of nitro groups is 1. The van der Waals surface area contributed by atoms with E-state index in [4.69, 9.17) is 23.2 Å². The fraction of sp³-hybridized carbons (Fsp3) is 0.412. The van der Waals surface area contributed by atoms with E-state index < -0.39 is 10.7 Å². The zero-order chi connectivity index (χ0) is 19.6. The lowest BCUT2D eigenvalue weighted by atomic mass is 10.2. The lowest BCUT2D eigenvalue weighted by Crippen LogP contribution is -2.49. The highest BCUT2D eigenvalue weighted by Gasteiger charge is 2.27. The highest BCUT2D eigenvalue weighted by molar-refractivity contribution is 6.33. The molecule has 0 atom stereocenters. The van der Waals surface area contributed by atoms with Gasteiger partial charge < -0.3 is 15.0 Å². The molecule has 144 valence electrons. The normalized spacial score (nSPS) is 15.1. The molecule has 0 spiro atoms. The zero-order valence-electron chi connectivity index (χ0n) is 14.8. The molecule has 27 heavy (non-hydrogen) atoms. The van der Waals surface area contributed by atoms with Crippen molar-refractivity contribution in [2.75, 3.05) is 26.2 Å². The molecule has 3 rings (SSSR count). The molecule has 1 aromatic heterocycles. The third-order valence-electron chi connectivity index (χ3n) is 4.65. The van der Waals surface area contributed by atoms with Gasteiger partial charge >= 0.3 is 5.82 Å². The number of amides is 1. The summed E-state index contributed by atoms with van der Waals surface area (Å²) in [7, 11) is 0. The Morgan fingerprint density at radius 1 is 1.22 bits per heavy atom. The summed E-state index contributed by atoms with van der Waals surface area (Å²) < 4.78 is 1.29. The number of hydrogen-bond acceptors (Lipinski definition) is 5. The average molecular weight is 412 g/mol. The maximum absolute atomic E-state index is 12.5. The summed E-state index contributed by atoms with van der Waals surface area (Å²) in [6.45, 7) is 4.91. The second-order valence-corrected chi connectivity index (χ2v) is 7.17. The molecule has 1 fully saturated rings. The van der Waals surface area contributed by atoms with E-state index in [-0.39, 0.29) is 17.5 Å². The molecule has 0 bridgehead atoms. The van der Waals surface area contributed by atoms with Crippen LogP contribution < -0.4 is 0 Å². The van der Waals surface area contributed by atoms with Gasteiger partial charge in [0.05, 0.1) is 10.8 Å². The van der Waals surface area contributed by atoms with E-state index in [2.05, 4.69) is 10.00 Å². The number of carbonyl (C=O) groups is 1. The highest BCUT2D eigenvalue weighted by Crippen LogP contribution is 2.26. The van der Waals surface area contributed by atoms with Crippen LogP contribution in [-0.4, -0.2) is 56.6 Å². The lowest BCUT2D eigenvalue weighted by molar-refractivity contribution is -0.389. The Morgan fingerprint density at radius 3 is 2.48 bits per heavy atom. The Bertz CT molecular complexity index is 862. The molecule has 1 aliphatic rings. The van der Waals surface area contributed by atoms with Gasteiger partial charge in [-0.2, -0.15) is 4.68 Å². The topological polar surface area (TPSA) is 84.5 Å². The van der Waals surface area contributed by atoms with Gasteiger partial charge in [-0.1, -0.05) is 41.4 Å². The summed E-state index contributed by atoms with van der Waals surface area (Å²) in [6.07, 6.45) is 0. The average Bonchev–Trinajstić information content (AvgIpc) is 2.93. The third kappa shape index (κ3) is 4.40. The Balaban J connectivity index is 1.57. The summed E-state index contributed by atoms with van der Waals surface area (Å²) in [6, 6.07) is 7.72. The maximum atomic E-state index is 12.5. The number of halogens is 2. The number of aromatic nitrogens is 2. The molecule has 1 saturated heterocycles. The van der Waals surface area contributed by atoms with Gasteiger partial charge in [0, 0.05) is 37.7 Å². The van der Waals surface area contributed by atoms with Gasteiger partial charge in [-0.15, -0.1) is 0 Å². The first-order valence-electron chi connectivity index (χ1n) is 8.47. The van der Waals surface area contributed by atoms with Crippen LogP contribution >= 0.6 is 23.2 Å². The largest absolute Gasteiger partial charge is 0.408 e. The molecule has 0 saturated carbocycles. The monoisotopic (exact) mass is 411 g/mol. The third-order valence-corrected chi connectivity index (χ3v) is 5.46. The SMILES string of the molecule is Cc1c(Cl)c([N+](=O)[O-])nn1CC(=O)N1CCN(Cc2ccccc2Cl)CC1. The summed E-state index contributed by atoms with van der Waals surface area (Å²) in [5.74, 6) is -0.559. The Kier molecular flexibility index (Phi) is 5.98. The summed E-state index contributed by atoms with van der Waals surface area (Å²) in [5.41, 5.74) is 1.47. The molecule has 1 amide bonds. The molecule has 8 nitrogen and oxygen atoms in total. The zero-order valence-corrected chi connectivity index (χ0v) is 16.3. The van der Waals surface area contributed by atoms with Crippen molar-refractivity contribution in [1.29, 1.82) is 0 Å². The summed E-state index contributed by atoms with van der Waals surface area (Å²) in [5, 5.41) is 15.5. The van der Waals surface area contributed by atoms with Gasteiger partial charge in [-0.05, 0) is 23.5 Å². The van der Waals surface area contributed by atoms with Crippen molar-refractivity contribution in [2.24, 2.45) is 0 Å². The van der Waals surface area contributed by atoms with Gasteiger partial charge in [0.25, 0.3) is 0 Å². The number of hydrogen-bond donors (Lipinski definition) is 0. The van der Waals surface area contributed by atoms with Crippen molar-refractivity contribution < 1.29 is 9.72 Å². The fourth-order valence-corrected chi connectivity index (χ4v) is 3.43. The van der Waals surface area contributed by atoms with E-state index in [0.29, 0.717) is 18.8 Å². The van der Waals surface area contributed by atoms with Crippen LogP contribution in [0.5, 0.6) is 0 Å². The van der Waals surface area contributed by atoms with Crippen molar-refractivity contribution >= 4 is 34.9 Å². The minimum atomic E-state index is -0.649. The Hall–Kier alpha value is -2.16. The quantitative estimate of drug-likeness (QED) is 0.557. The molecule has 0 radical (unpaired) electrons. The van der Waals surface area contributed by atoms with Crippen LogP contribution in [-0.2, 0) is 17.9 Å². The van der Waals surface area contributed by atoms with Crippen LogP contribution in [0.3, 0.4) is 0 Å². The first kappa shape index (κ1) is 19.6. The molecule has 2 heterocycles. The van der Waals surface area contributed by atoms with E-state index in [0.717, 1.165) is 30.2 Å². The predicted octanol–water partition coefficient (Wildman–Crippen LogP) is 2.75. The van der Waals surface area contributed by atoms with Crippen molar-refractivity contribution in [1.82, 2.24) is 19.6 Å². The minimum Gasteiger partial charge on any atom is -0.358 e. The molecule has 0 aliphatic carbocycles. The van der Waals surface area contributed by atoms with E-state index in [1.807, 2.05) is 24.3 Å². The van der Waals surface area contributed by atoms with E-state index >= 15 is 0 Å². The minimum absolute atomic E-state index is 0.0302. The van der Waals surface area contributed by atoms with Crippen LogP contribution in [0.4, 0.5) is 5.82 Å². The predicted molar refractivity (Wildman–Crippen MR) is 102 cm³/mol. The van der Waals surface area contributed by atoms with E-state index in [1.54, 1.807) is 11.8 Å². The highest BCUT2D eigenvalue weighted by atomic mass is 35.5. The Morgan fingerprint density at radius 2 is 1.89 bits per heavy atom. The van der Waals surface area contributed by atoms with Crippen molar-refractivity contribution in [3.63, 3.8) is 0 Å². The van der Waals surface area contributed by atoms with Crippen molar-refractivity contribution in [3.8, 4) is 0 Å². The molecular weight excluding hydrogens is 393 g/mol. The van der Waals surface area contributed by atoms with Gasteiger partial charge in [-0.25, -0.2) is 0 Å². The second-order valence-electron chi connectivity index (χ2n) is 6.39. The van der Waals surface area contributed by atoms with Crippen LogP contribution in [0, 0.1) is 17.0 Å². The summed E-state index contributed by atoms with van der Waals surface area (Å²) >= 11 is 12.1. The molecule has 1 aliphatic heterocycles. The lowest BCUT2D eigenvalue weighted by Gasteiger charge is -2.34. The van der Waals surface area contributed by atoms with Gasteiger partial charge in [0.2, 0.25) is 5.91 Å². The smallest absolute Gasteiger partial charge is 0.358 e. The second kappa shape index (κ2) is 8.24. The van der Waals surface area contributed by atoms with Gasteiger partial charge in [-0.3, -0.25) is 9.69 Å². The molecule has 0 N–H and O–H groups in total. The number of benzene rings is 1. The first-order valence-corrected chi connectivity index (χ1v) is 9.23. The summed E-state index contributed by atoms with van der Waals surface area (Å²) in [4.78, 5) is 26.8. The molecular formula is C17H19Cl2N5O3. The fourth-order valence-electron chi connectivity index (χ4n) is 3.03. The number of piperazine rings is 1. The van der Waals surface area contributed by atoms with Crippen molar-refractivity contribution in [3.05, 3.63) is 55.7 Å². The Labute approximate surface area is 166 Å². The van der Waals surface area contributed by atoms with Crippen LogP contribution in [0.25, 0.3) is 0 Å². The van der Waals surface area contributed by atoms with E-state index in [1.165, 1.54) is 4.68 Å². The first-order chi connectivity index (χ1) is 12.9. The van der Waals surface area contributed by atoms with Crippen molar-refractivity contribution in [2.45, 2.75) is 20.0 Å². The van der Waals surface area contributed by atoms with E-state index in [9.17, 15) is 14.9 Å². The molecule has 10 heteroatoms. The van der Waals surface area contributed by atoms with Crippen LogP contribution in [0.1, 0.15) is 11.3 Å². The van der Waals surface area contributed by atoms with Crippen LogP contribution in [0.15, 0.2) is 24.3 Å². The van der Waals surface area contributed by atoms with Gasteiger partial charge in [0.1, 0.15) is 6.54 Å². The molecule has 1 aromatic carbocycles. The number of carbonyl (C=O) groups excluding carboxylic acids is 1.